The van der Waals surface area contributed by atoms with Crippen molar-refractivity contribution in [2.24, 2.45) is 5.92 Å². The van der Waals surface area contributed by atoms with Crippen LogP contribution in [-0.4, -0.2) is 41.5 Å². The second-order valence-corrected chi connectivity index (χ2v) is 5.76. The zero-order valence-electron chi connectivity index (χ0n) is 11.3. The summed E-state index contributed by atoms with van der Waals surface area (Å²) < 4.78 is 0. The number of aliphatic carboxylic acids is 1. The molecule has 2 rings (SSSR count). The van der Waals surface area contributed by atoms with Crippen LogP contribution < -0.4 is 5.32 Å². The van der Waals surface area contributed by atoms with Crippen LogP contribution in [0.4, 0.5) is 5.69 Å². The number of halogens is 2. The number of likely N-dealkylation sites (tertiary alicyclic amines) is 1. The van der Waals surface area contributed by atoms with Crippen molar-refractivity contribution in [3.05, 3.63) is 28.2 Å². The highest BCUT2D eigenvalue weighted by atomic mass is 35.5. The van der Waals surface area contributed by atoms with Gasteiger partial charge in [-0.25, -0.2) is 0 Å². The van der Waals surface area contributed by atoms with Crippen molar-refractivity contribution >= 4 is 40.8 Å². The lowest BCUT2D eigenvalue weighted by Gasteiger charge is -2.30. The minimum absolute atomic E-state index is 0.0845. The van der Waals surface area contributed by atoms with Gasteiger partial charge in [0.1, 0.15) is 0 Å². The van der Waals surface area contributed by atoms with Crippen molar-refractivity contribution in [3.63, 3.8) is 0 Å². The number of amides is 1. The molecule has 0 aliphatic carbocycles. The number of carboxylic acid groups (broad SMARTS) is 1. The summed E-state index contributed by atoms with van der Waals surface area (Å²) in [5, 5.41) is 12.8. The van der Waals surface area contributed by atoms with E-state index in [0.29, 0.717) is 41.7 Å². The van der Waals surface area contributed by atoms with Gasteiger partial charge >= 0.3 is 5.97 Å². The molecule has 0 saturated carbocycles. The first-order chi connectivity index (χ1) is 9.99. The number of rotatable bonds is 4. The Labute approximate surface area is 132 Å². The first-order valence-electron chi connectivity index (χ1n) is 6.67. The van der Waals surface area contributed by atoms with E-state index in [-0.39, 0.29) is 18.4 Å². The summed E-state index contributed by atoms with van der Waals surface area (Å²) in [5.74, 6) is -1.22. The van der Waals surface area contributed by atoms with Crippen molar-refractivity contribution in [1.29, 1.82) is 0 Å². The topological polar surface area (TPSA) is 69.6 Å². The van der Waals surface area contributed by atoms with Gasteiger partial charge in [-0.15, -0.1) is 0 Å². The maximum Gasteiger partial charge on any atom is 0.306 e. The van der Waals surface area contributed by atoms with E-state index >= 15 is 0 Å². The molecule has 0 bridgehead atoms. The van der Waals surface area contributed by atoms with E-state index in [9.17, 15) is 9.59 Å². The molecule has 7 heteroatoms. The van der Waals surface area contributed by atoms with Gasteiger partial charge in [0.15, 0.2) is 0 Å². The fourth-order valence-electron chi connectivity index (χ4n) is 2.32. The third kappa shape index (κ3) is 4.02. The molecule has 2 N–H and O–H groups in total. The van der Waals surface area contributed by atoms with Gasteiger partial charge < -0.3 is 15.3 Å². The first kappa shape index (κ1) is 15.9. The highest BCUT2D eigenvalue weighted by molar-refractivity contribution is 6.39. The number of piperidine rings is 1. The molecule has 1 aliphatic rings. The molecule has 21 heavy (non-hydrogen) atoms. The number of benzene rings is 1. The number of hydrogen-bond donors (Lipinski definition) is 2. The van der Waals surface area contributed by atoms with Crippen LogP contribution in [0.15, 0.2) is 18.2 Å². The van der Waals surface area contributed by atoms with Crippen LogP contribution in [0.25, 0.3) is 0 Å². The summed E-state index contributed by atoms with van der Waals surface area (Å²) in [5.41, 5.74) is 0.537. The average molecular weight is 331 g/mol. The Balaban J connectivity index is 1.87. The number of carboxylic acids is 1. The number of para-hydroxylation sites is 1. The normalized spacial score (nSPS) is 15.8. The van der Waals surface area contributed by atoms with Crippen LogP contribution in [0.5, 0.6) is 0 Å². The monoisotopic (exact) mass is 330 g/mol. The maximum absolute atomic E-state index is 12.1. The number of hydrogen-bond acceptors (Lipinski definition) is 3. The molecule has 1 aromatic carbocycles. The molecule has 5 nitrogen and oxygen atoms in total. The SMILES string of the molecule is O=C(O)C1CCN(C(=O)CNc2c(Cl)cccc2Cl)CC1. The van der Waals surface area contributed by atoms with Gasteiger partial charge in [-0.05, 0) is 25.0 Å². The second-order valence-electron chi connectivity index (χ2n) is 4.94. The van der Waals surface area contributed by atoms with E-state index in [4.69, 9.17) is 28.3 Å². The molecule has 1 heterocycles. The van der Waals surface area contributed by atoms with E-state index in [0.717, 1.165) is 0 Å². The fourth-order valence-corrected chi connectivity index (χ4v) is 2.85. The van der Waals surface area contributed by atoms with Crippen molar-refractivity contribution in [2.75, 3.05) is 25.0 Å². The quantitative estimate of drug-likeness (QED) is 0.890. The van der Waals surface area contributed by atoms with Gasteiger partial charge in [0.05, 0.1) is 28.2 Å². The number of carbonyl (C=O) groups excluding carboxylic acids is 1. The minimum atomic E-state index is -0.789. The third-order valence-electron chi connectivity index (χ3n) is 3.58. The first-order valence-corrected chi connectivity index (χ1v) is 7.43. The predicted octanol–water partition coefficient (Wildman–Crippen LogP) is 2.73. The Morgan fingerprint density at radius 1 is 1.24 bits per heavy atom. The van der Waals surface area contributed by atoms with Gasteiger partial charge in [0, 0.05) is 13.1 Å². The van der Waals surface area contributed by atoms with E-state index in [1.54, 1.807) is 23.1 Å². The summed E-state index contributed by atoms with van der Waals surface area (Å²) in [7, 11) is 0. The van der Waals surface area contributed by atoms with Crippen LogP contribution in [-0.2, 0) is 9.59 Å². The van der Waals surface area contributed by atoms with Gasteiger partial charge in [0.25, 0.3) is 0 Å². The lowest BCUT2D eigenvalue weighted by atomic mass is 9.97. The molecule has 1 saturated heterocycles. The molecule has 0 spiro atoms. The summed E-state index contributed by atoms with van der Waals surface area (Å²) in [6.07, 6.45) is 0.988. The van der Waals surface area contributed by atoms with Crippen molar-refractivity contribution in [3.8, 4) is 0 Å². The van der Waals surface area contributed by atoms with Crippen LogP contribution in [0.3, 0.4) is 0 Å². The van der Waals surface area contributed by atoms with Gasteiger partial charge in [-0.3, -0.25) is 9.59 Å². The summed E-state index contributed by atoms with van der Waals surface area (Å²) >= 11 is 12.0. The second kappa shape index (κ2) is 7.00. The Bertz CT molecular complexity index is 523. The molecule has 0 unspecified atom stereocenters. The number of anilines is 1. The van der Waals surface area contributed by atoms with Crippen molar-refractivity contribution in [2.45, 2.75) is 12.8 Å². The summed E-state index contributed by atoms with van der Waals surface area (Å²) in [4.78, 5) is 24.6. The van der Waals surface area contributed by atoms with Crippen LogP contribution in [0, 0.1) is 5.92 Å². The molecule has 0 radical (unpaired) electrons. The van der Waals surface area contributed by atoms with E-state index in [1.807, 2.05) is 0 Å². The molecule has 1 aromatic rings. The number of nitrogens with zero attached hydrogens (tertiary/aromatic N) is 1. The largest absolute Gasteiger partial charge is 0.481 e. The van der Waals surface area contributed by atoms with Gasteiger partial charge in [-0.2, -0.15) is 0 Å². The molecule has 1 aliphatic heterocycles. The van der Waals surface area contributed by atoms with E-state index < -0.39 is 5.97 Å². The van der Waals surface area contributed by atoms with Crippen LogP contribution in [0.1, 0.15) is 12.8 Å². The van der Waals surface area contributed by atoms with E-state index in [2.05, 4.69) is 5.32 Å². The highest BCUT2D eigenvalue weighted by Gasteiger charge is 2.26. The molecule has 0 aromatic heterocycles. The average Bonchev–Trinajstić information content (AvgIpc) is 2.46. The molecular formula is C14H16Cl2N2O3. The van der Waals surface area contributed by atoms with E-state index in [1.165, 1.54) is 0 Å². The lowest BCUT2D eigenvalue weighted by Crippen LogP contribution is -2.42. The maximum atomic E-state index is 12.1. The molecule has 1 fully saturated rings. The highest BCUT2D eigenvalue weighted by Crippen LogP contribution is 2.29. The Hall–Kier alpha value is -1.46. The third-order valence-corrected chi connectivity index (χ3v) is 4.21. The fraction of sp³-hybridized carbons (Fsp3) is 0.429. The van der Waals surface area contributed by atoms with Crippen molar-refractivity contribution < 1.29 is 14.7 Å². The number of nitrogens with one attached hydrogen (secondary N) is 1. The van der Waals surface area contributed by atoms with Gasteiger partial charge in [0.2, 0.25) is 5.91 Å². The predicted molar refractivity (Wildman–Crippen MR) is 81.9 cm³/mol. The smallest absolute Gasteiger partial charge is 0.306 e. The summed E-state index contributed by atoms with van der Waals surface area (Å²) in [6.45, 7) is 1.02. The van der Waals surface area contributed by atoms with Crippen LogP contribution in [0.2, 0.25) is 10.0 Å². The lowest BCUT2D eigenvalue weighted by molar-refractivity contribution is -0.145. The molecule has 114 valence electrons. The Morgan fingerprint density at radius 2 is 1.81 bits per heavy atom. The molecular weight excluding hydrogens is 315 g/mol. The number of carbonyl (C=O) groups is 2. The van der Waals surface area contributed by atoms with Crippen LogP contribution >= 0.6 is 23.2 Å². The van der Waals surface area contributed by atoms with Gasteiger partial charge in [-0.1, -0.05) is 29.3 Å². The minimum Gasteiger partial charge on any atom is -0.481 e. The molecule has 1 amide bonds. The zero-order chi connectivity index (χ0) is 15.4. The summed E-state index contributed by atoms with van der Waals surface area (Å²) in [6, 6.07) is 5.12. The Morgan fingerprint density at radius 3 is 2.33 bits per heavy atom. The molecule has 0 atom stereocenters. The zero-order valence-corrected chi connectivity index (χ0v) is 12.8. The standard InChI is InChI=1S/C14H16Cl2N2O3/c15-10-2-1-3-11(16)13(10)17-8-12(19)18-6-4-9(5-7-18)14(20)21/h1-3,9,17H,4-8H2,(H,20,21). The Kier molecular flexibility index (Phi) is 5.31. The van der Waals surface area contributed by atoms with Crippen molar-refractivity contribution in [1.82, 2.24) is 4.90 Å².